The molecule has 0 amide bonds. The molecule has 150 valence electrons. The summed E-state index contributed by atoms with van der Waals surface area (Å²) in [4.78, 5) is 19.8. The van der Waals surface area contributed by atoms with Crippen molar-refractivity contribution < 1.29 is 4.42 Å². The molecule has 4 rings (SSSR count). The highest BCUT2D eigenvalue weighted by atomic mass is 35.5. The topological polar surface area (TPSA) is 73.8 Å². The SMILES string of the molecule is Cc1sc2nc(SCc3nnc(-c4ccc(Cl)cc4)o3)n(C(C)C)c(=O)c2c1C. The van der Waals surface area contributed by atoms with Crippen LogP contribution in [0.25, 0.3) is 21.7 Å². The minimum absolute atomic E-state index is 0.00160. The van der Waals surface area contributed by atoms with Crippen LogP contribution < -0.4 is 5.56 Å². The molecule has 0 saturated carbocycles. The van der Waals surface area contributed by atoms with Crippen LogP contribution in [0, 0.1) is 13.8 Å². The first kappa shape index (κ1) is 20.1. The summed E-state index contributed by atoms with van der Waals surface area (Å²) in [5.41, 5.74) is 1.82. The van der Waals surface area contributed by atoms with Crippen LogP contribution >= 0.6 is 34.7 Å². The van der Waals surface area contributed by atoms with Crippen LogP contribution in [0.4, 0.5) is 0 Å². The van der Waals surface area contributed by atoms with Crippen molar-refractivity contribution in [3.05, 3.63) is 56.0 Å². The number of thioether (sulfide) groups is 1. The molecule has 4 aromatic rings. The summed E-state index contributed by atoms with van der Waals surface area (Å²) in [5.74, 6) is 1.34. The minimum Gasteiger partial charge on any atom is -0.420 e. The van der Waals surface area contributed by atoms with Crippen LogP contribution in [0.1, 0.15) is 36.2 Å². The van der Waals surface area contributed by atoms with Crippen LogP contribution in [0.15, 0.2) is 38.6 Å². The Balaban J connectivity index is 1.64. The highest BCUT2D eigenvalue weighted by molar-refractivity contribution is 7.98. The van der Waals surface area contributed by atoms with Crippen molar-refractivity contribution in [1.29, 1.82) is 0 Å². The first-order chi connectivity index (χ1) is 13.8. The van der Waals surface area contributed by atoms with Gasteiger partial charge in [-0.2, -0.15) is 0 Å². The number of hydrogen-bond donors (Lipinski definition) is 0. The van der Waals surface area contributed by atoms with Gasteiger partial charge in [-0.1, -0.05) is 23.4 Å². The van der Waals surface area contributed by atoms with E-state index < -0.39 is 0 Å². The van der Waals surface area contributed by atoms with E-state index in [0.717, 1.165) is 20.8 Å². The Hall–Kier alpha value is -2.16. The minimum atomic E-state index is -0.00572. The number of fused-ring (bicyclic) bond motifs is 1. The van der Waals surface area contributed by atoms with Crippen molar-refractivity contribution >= 4 is 44.9 Å². The summed E-state index contributed by atoms with van der Waals surface area (Å²) in [6, 6.07) is 7.22. The molecule has 0 saturated heterocycles. The van der Waals surface area contributed by atoms with Gasteiger partial charge >= 0.3 is 0 Å². The molecule has 0 aliphatic rings. The highest BCUT2D eigenvalue weighted by Gasteiger charge is 2.19. The van der Waals surface area contributed by atoms with Gasteiger partial charge in [0.05, 0.1) is 11.1 Å². The van der Waals surface area contributed by atoms with E-state index in [9.17, 15) is 4.79 Å². The van der Waals surface area contributed by atoms with E-state index >= 15 is 0 Å². The van der Waals surface area contributed by atoms with Gasteiger partial charge in [0.2, 0.25) is 11.8 Å². The van der Waals surface area contributed by atoms with Gasteiger partial charge in [-0.3, -0.25) is 9.36 Å². The van der Waals surface area contributed by atoms with Crippen LogP contribution in [0.3, 0.4) is 0 Å². The Bertz CT molecular complexity index is 1240. The second-order valence-electron chi connectivity index (χ2n) is 6.92. The molecule has 0 radical (unpaired) electrons. The average Bonchev–Trinajstić information content (AvgIpc) is 3.25. The summed E-state index contributed by atoms with van der Waals surface area (Å²) in [7, 11) is 0. The Morgan fingerprint density at radius 3 is 2.62 bits per heavy atom. The van der Waals surface area contributed by atoms with Gasteiger partial charge < -0.3 is 4.42 Å². The second-order valence-corrected chi connectivity index (χ2v) is 9.51. The number of rotatable bonds is 5. The maximum absolute atomic E-state index is 13.1. The van der Waals surface area contributed by atoms with E-state index in [2.05, 4.69) is 10.2 Å². The van der Waals surface area contributed by atoms with E-state index in [4.69, 9.17) is 21.0 Å². The molecular weight excluding hydrogens is 428 g/mol. The number of benzene rings is 1. The lowest BCUT2D eigenvalue weighted by molar-refractivity contribution is 0.514. The third kappa shape index (κ3) is 3.84. The number of nitrogens with zero attached hydrogens (tertiary/aromatic N) is 4. The molecule has 3 aromatic heterocycles. The van der Waals surface area contributed by atoms with Crippen LogP contribution in [-0.2, 0) is 5.75 Å². The molecular formula is C20H19ClN4O2S2. The molecule has 6 nitrogen and oxygen atoms in total. The van der Waals surface area contributed by atoms with Gasteiger partial charge in [0.15, 0.2) is 5.16 Å². The van der Waals surface area contributed by atoms with Crippen molar-refractivity contribution in [3.63, 3.8) is 0 Å². The fraction of sp³-hybridized carbons (Fsp3) is 0.300. The fourth-order valence-corrected chi connectivity index (χ4v) is 5.15. The van der Waals surface area contributed by atoms with Crippen molar-refractivity contribution in [2.45, 2.75) is 44.6 Å². The molecule has 0 aliphatic heterocycles. The molecule has 3 heterocycles. The lowest BCUT2D eigenvalue weighted by atomic mass is 10.2. The number of aryl methyl sites for hydroxylation is 2. The molecule has 1 aromatic carbocycles. The number of thiophene rings is 1. The predicted molar refractivity (Wildman–Crippen MR) is 118 cm³/mol. The van der Waals surface area contributed by atoms with E-state index in [1.54, 1.807) is 28.0 Å². The Morgan fingerprint density at radius 2 is 1.93 bits per heavy atom. The molecule has 0 aliphatic carbocycles. The number of halogens is 1. The molecule has 0 atom stereocenters. The monoisotopic (exact) mass is 446 g/mol. The van der Waals surface area contributed by atoms with E-state index in [-0.39, 0.29) is 11.6 Å². The Labute approximate surface area is 180 Å². The quantitative estimate of drug-likeness (QED) is 0.291. The summed E-state index contributed by atoms with van der Waals surface area (Å²) < 4.78 is 7.51. The zero-order chi connectivity index (χ0) is 20.7. The maximum Gasteiger partial charge on any atom is 0.263 e. The van der Waals surface area contributed by atoms with Crippen LogP contribution in [0.2, 0.25) is 5.02 Å². The fourth-order valence-electron chi connectivity index (χ4n) is 2.99. The van der Waals surface area contributed by atoms with Crippen molar-refractivity contribution in [2.24, 2.45) is 0 Å². The zero-order valence-electron chi connectivity index (χ0n) is 16.4. The van der Waals surface area contributed by atoms with E-state index in [0.29, 0.717) is 33.1 Å². The smallest absolute Gasteiger partial charge is 0.263 e. The van der Waals surface area contributed by atoms with Gasteiger partial charge in [-0.15, -0.1) is 21.5 Å². The molecule has 29 heavy (non-hydrogen) atoms. The third-order valence-electron chi connectivity index (χ3n) is 4.60. The first-order valence-corrected chi connectivity index (χ1v) is 11.3. The molecule has 0 spiro atoms. The van der Waals surface area contributed by atoms with Crippen molar-refractivity contribution in [1.82, 2.24) is 19.7 Å². The zero-order valence-corrected chi connectivity index (χ0v) is 18.8. The van der Waals surface area contributed by atoms with Crippen LogP contribution in [-0.4, -0.2) is 19.7 Å². The molecule has 0 N–H and O–H groups in total. The van der Waals surface area contributed by atoms with Crippen LogP contribution in [0.5, 0.6) is 0 Å². The van der Waals surface area contributed by atoms with Crippen molar-refractivity contribution in [3.8, 4) is 11.5 Å². The summed E-state index contributed by atoms with van der Waals surface area (Å²) >= 11 is 8.90. The van der Waals surface area contributed by atoms with Gasteiger partial charge in [0, 0.05) is 21.5 Å². The number of aromatic nitrogens is 4. The molecule has 0 fully saturated rings. The molecule has 0 bridgehead atoms. The summed E-state index contributed by atoms with van der Waals surface area (Å²) in [5, 5.41) is 10.3. The van der Waals surface area contributed by atoms with Gasteiger partial charge in [0.1, 0.15) is 4.83 Å². The third-order valence-corrected chi connectivity index (χ3v) is 6.89. The summed E-state index contributed by atoms with van der Waals surface area (Å²) in [6.07, 6.45) is 0. The van der Waals surface area contributed by atoms with Crippen molar-refractivity contribution in [2.75, 3.05) is 0 Å². The van der Waals surface area contributed by atoms with Gasteiger partial charge in [-0.25, -0.2) is 4.98 Å². The number of hydrogen-bond acceptors (Lipinski definition) is 7. The largest absolute Gasteiger partial charge is 0.420 e. The maximum atomic E-state index is 13.1. The molecule has 0 unspecified atom stereocenters. The van der Waals surface area contributed by atoms with Gasteiger partial charge in [0.25, 0.3) is 5.56 Å². The highest BCUT2D eigenvalue weighted by Crippen LogP contribution is 2.31. The lowest BCUT2D eigenvalue weighted by Gasteiger charge is -2.14. The Kier molecular flexibility index (Phi) is 5.50. The lowest BCUT2D eigenvalue weighted by Crippen LogP contribution is -2.24. The normalized spacial score (nSPS) is 11.7. The molecule has 9 heteroatoms. The van der Waals surface area contributed by atoms with Gasteiger partial charge in [-0.05, 0) is 57.5 Å². The standard InChI is InChI=1S/C20H19ClN4O2S2/c1-10(2)25-19(26)16-11(3)12(4)29-18(16)22-20(25)28-9-15-23-24-17(27-15)13-5-7-14(21)8-6-13/h5-8,10H,9H2,1-4H3. The second kappa shape index (κ2) is 7.93. The average molecular weight is 447 g/mol. The first-order valence-electron chi connectivity index (χ1n) is 9.08. The van der Waals surface area contributed by atoms with E-state index in [1.807, 2.05) is 39.8 Å². The Morgan fingerprint density at radius 1 is 1.21 bits per heavy atom. The summed E-state index contributed by atoms with van der Waals surface area (Å²) in [6.45, 7) is 7.97. The predicted octanol–water partition coefficient (Wildman–Crippen LogP) is 5.65. The van der Waals surface area contributed by atoms with E-state index in [1.165, 1.54) is 11.8 Å².